The summed E-state index contributed by atoms with van der Waals surface area (Å²) in [6, 6.07) is 18.5. The second-order valence-corrected chi connectivity index (χ2v) is 5.55. The first-order valence-corrected chi connectivity index (χ1v) is 7.39. The van der Waals surface area contributed by atoms with Crippen molar-refractivity contribution >= 4 is 11.9 Å². The lowest BCUT2D eigenvalue weighted by molar-refractivity contribution is -0.121. The van der Waals surface area contributed by atoms with E-state index in [1.807, 2.05) is 67.6 Å². The zero-order valence-electron chi connectivity index (χ0n) is 12.4. The van der Waals surface area contributed by atoms with E-state index in [4.69, 9.17) is 0 Å². The molecule has 3 rings (SSSR count). The molecule has 4 heteroatoms. The highest BCUT2D eigenvalue weighted by molar-refractivity contribution is 6.04. The lowest BCUT2D eigenvalue weighted by Gasteiger charge is -2.28. The molecule has 2 aromatic rings. The molecule has 4 nitrogen and oxygen atoms in total. The van der Waals surface area contributed by atoms with Gasteiger partial charge in [-0.2, -0.15) is 0 Å². The smallest absolute Gasteiger partial charge is 0.305 e. The Labute approximate surface area is 129 Å². The maximum absolute atomic E-state index is 12.2. The van der Waals surface area contributed by atoms with Crippen LogP contribution in [-0.4, -0.2) is 22.9 Å². The minimum atomic E-state index is -0.549. The molecule has 0 aromatic heterocycles. The molecule has 112 valence electrons. The van der Waals surface area contributed by atoms with E-state index in [1.54, 1.807) is 4.90 Å². The molecule has 0 radical (unpaired) electrons. The number of nitrogens with one attached hydrogen (secondary N) is 1. The van der Waals surface area contributed by atoms with Crippen LogP contribution in [0.4, 0.5) is 4.79 Å². The van der Waals surface area contributed by atoms with Gasteiger partial charge >= 0.3 is 6.03 Å². The predicted molar refractivity (Wildman–Crippen MR) is 84.2 cm³/mol. The number of hydrogen-bond donors (Lipinski definition) is 1. The molecule has 0 unspecified atom stereocenters. The van der Waals surface area contributed by atoms with E-state index in [-0.39, 0.29) is 18.0 Å². The lowest BCUT2D eigenvalue weighted by atomic mass is 10.0. The predicted octanol–water partition coefficient (Wildman–Crippen LogP) is 2.91. The Bertz CT molecular complexity index is 670. The highest BCUT2D eigenvalue weighted by atomic mass is 16.2. The number of imide groups is 1. The summed E-state index contributed by atoms with van der Waals surface area (Å²) in [7, 11) is 0. The fourth-order valence-corrected chi connectivity index (χ4v) is 2.94. The number of nitrogens with zero attached hydrogens (tertiary/aromatic N) is 1. The molecule has 3 amide bonds. The number of urea groups is 1. The first-order chi connectivity index (χ1) is 10.7. The SMILES string of the molecule is C[C@H](Cc1ccccc1)N1C(=O)NC(=O)[C@@H]1c1ccccc1. The van der Waals surface area contributed by atoms with Crippen molar-refractivity contribution in [2.24, 2.45) is 0 Å². The summed E-state index contributed by atoms with van der Waals surface area (Å²) in [5.41, 5.74) is 1.99. The normalized spacial score (nSPS) is 19.1. The Morgan fingerprint density at radius 3 is 2.23 bits per heavy atom. The molecular formula is C18H18N2O2. The summed E-state index contributed by atoms with van der Waals surface area (Å²) in [4.78, 5) is 26.0. The maximum atomic E-state index is 12.2. The van der Waals surface area contributed by atoms with Crippen LogP contribution in [0.25, 0.3) is 0 Å². The summed E-state index contributed by atoms with van der Waals surface area (Å²) in [6.45, 7) is 1.97. The van der Waals surface area contributed by atoms with Gasteiger partial charge in [0.15, 0.2) is 0 Å². The van der Waals surface area contributed by atoms with Gasteiger partial charge in [0, 0.05) is 6.04 Å². The largest absolute Gasteiger partial charge is 0.325 e. The van der Waals surface area contributed by atoms with Crippen molar-refractivity contribution in [3.8, 4) is 0 Å². The summed E-state index contributed by atoms with van der Waals surface area (Å²) in [5, 5.41) is 2.43. The lowest BCUT2D eigenvalue weighted by Crippen LogP contribution is -2.39. The average Bonchev–Trinajstić information content (AvgIpc) is 2.83. The molecule has 1 aliphatic heterocycles. The molecule has 1 fully saturated rings. The van der Waals surface area contributed by atoms with Crippen molar-refractivity contribution in [1.82, 2.24) is 10.2 Å². The molecule has 1 saturated heterocycles. The van der Waals surface area contributed by atoms with Gasteiger partial charge in [-0.25, -0.2) is 4.79 Å². The van der Waals surface area contributed by atoms with Gasteiger partial charge in [-0.15, -0.1) is 0 Å². The van der Waals surface area contributed by atoms with Crippen molar-refractivity contribution < 1.29 is 9.59 Å². The zero-order valence-corrected chi connectivity index (χ0v) is 12.4. The number of carbonyl (C=O) groups is 2. The van der Waals surface area contributed by atoms with Gasteiger partial charge in [0.2, 0.25) is 0 Å². The second kappa shape index (κ2) is 6.02. The molecule has 1 aliphatic rings. The Morgan fingerprint density at radius 2 is 1.59 bits per heavy atom. The van der Waals surface area contributed by atoms with E-state index in [0.717, 1.165) is 11.1 Å². The second-order valence-electron chi connectivity index (χ2n) is 5.55. The van der Waals surface area contributed by atoms with E-state index in [2.05, 4.69) is 5.32 Å². The van der Waals surface area contributed by atoms with Crippen LogP contribution in [0.5, 0.6) is 0 Å². The molecule has 0 spiro atoms. The van der Waals surface area contributed by atoms with Gasteiger partial charge in [-0.1, -0.05) is 60.7 Å². The van der Waals surface area contributed by atoms with Gasteiger partial charge in [-0.05, 0) is 24.5 Å². The quantitative estimate of drug-likeness (QED) is 0.881. The molecule has 2 aromatic carbocycles. The van der Waals surface area contributed by atoms with E-state index in [1.165, 1.54) is 0 Å². The van der Waals surface area contributed by atoms with E-state index < -0.39 is 6.04 Å². The van der Waals surface area contributed by atoms with Crippen molar-refractivity contribution in [3.05, 3.63) is 71.8 Å². The maximum Gasteiger partial charge on any atom is 0.325 e. The van der Waals surface area contributed by atoms with E-state index >= 15 is 0 Å². The Hall–Kier alpha value is -2.62. The summed E-state index contributed by atoms with van der Waals surface area (Å²) >= 11 is 0. The van der Waals surface area contributed by atoms with Gasteiger partial charge in [0.1, 0.15) is 6.04 Å². The van der Waals surface area contributed by atoms with Crippen molar-refractivity contribution in [2.45, 2.75) is 25.4 Å². The zero-order chi connectivity index (χ0) is 15.5. The summed E-state index contributed by atoms with van der Waals surface area (Å²) < 4.78 is 0. The first kappa shape index (κ1) is 14.3. The number of amides is 3. The standard InChI is InChI=1S/C18H18N2O2/c1-13(12-14-8-4-2-5-9-14)20-16(17(21)19-18(20)22)15-10-6-3-7-11-15/h2-11,13,16H,12H2,1H3,(H,19,21,22)/t13-,16+/m1/s1. The highest BCUT2D eigenvalue weighted by Gasteiger charge is 2.41. The minimum Gasteiger partial charge on any atom is -0.305 e. The van der Waals surface area contributed by atoms with Gasteiger partial charge in [0.05, 0.1) is 0 Å². The topological polar surface area (TPSA) is 49.4 Å². The van der Waals surface area contributed by atoms with Crippen LogP contribution in [0, 0.1) is 0 Å². The van der Waals surface area contributed by atoms with Crippen LogP contribution in [0.1, 0.15) is 24.1 Å². The van der Waals surface area contributed by atoms with Crippen LogP contribution in [0.2, 0.25) is 0 Å². The van der Waals surface area contributed by atoms with Gasteiger partial charge < -0.3 is 4.90 Å². The molecular weight excluding hydrogens is 276 g/mol. The first-order valence-electron chi connectivity index (χ1n) is 7.39. The third-order valence-corrected chi connectivity index (χ3v) is 3.96. The van der Waals surface area contributed by atoms with Crippen LogP contribution in [0.15, 0.2) is 60.7 Å². The molecule has 22 heavy (non-hydrogen) atoms. The molecule has 0 aliphatic carbocycles. The monoisotopic (exact) mass is 294 g/mol. The van der Waals surface area contributed by atoms with Crippen LogP contribution < -0.4 is 5.32 Å². The van der Waals surface area contributed by atoms with Crippen LogP contribution in [-0.2, 0) is 11.2 Å². The molecule has 1 N–H and O–H groups in total. The molecule has 2 atom stereocenters. The minimum absolute atomic E-state index is 0.0703. The fourth-order valence-electron chi connectivity index (χ4n) is 2.94. The van der Waals surface area contributed by atoms with Gasteiger partial charge in [-0.3, -0.25) is 10.1 Å². The molecule has 1 heterocycles. The van der Waals surface area contributed by atoms with Crippen LogP contribution >= 0.6 is 0 Å². The number of benzene rings is 2. The Morgan fingerprint density at radius 1 is 1.00 bits per heavy atom. The summed E-state index contributed by atoms with van der Waals surface area (Å²) in [6.07, 6.45) is 0.713. The highest BCUT2D eigenvalue weighted by Crippen LogP contribution is 2.28. The third kappa shape index (κ3) is 2.72. The van der Waals surface area contributed by atoms with Crippen molar-refractivity contribution in [1.29, 1.82) is 0 Å². The summed E-state index contributed by atoms with van der Waals surface area (Å²) in [5.74, 6) is -0.254. The third-order valence-electron chi connectivity index (χ3n) is 3.96. The van der Waals surface area contributed by atoms with Crippen molar-refractivity contribution in [3.63, 3.8) is 0 Å². The Kier molecular flexibility index (Phi) is 3.92. The molecule has 0 saturated carbocycles. The number of carbonyl (C=O) groups excluding carboxylic acids is 2. The van der Waals surface area contributed by atoms with Gasteiger partial charge in [0.25, 0.3) is 5.91 Å². The Balaban J connectivity index is 1.86. The van der Waals surface area contributed by atoms with E-state index in [9.17, 15) is 9.59 Å². The van der Waals surface area contributed by atoms with Crippen molar-refractivity contribution in [2.75, 3.05) is 0 Å². The fraction of sp³-hybridized carbons (Fsp3) is 0.222. The molecule has 0 bridgehead atoms. The number of hydrogen-bond acceptors (Lipinski definition) is 2. The van der Waals surface area contributed by atoms with Crippen LogP contribution in [0.3, 0.4) is 0 Å². The average molecular weight is 294 g/mol. The number of rotatable bonds is 4. The van der Waals surface area contributed by atoms with E-state index in [0.29, 0.717) is 6.42 Å².